The molecule has 0 saturated heterocycles. The van der Waals surface area contributed by atoms with Gasteiger partial charge in [-0.3, -0.25) is 15.1 Å². The van der Waals surface area contributed by atoms with Crippen LogP contribution >= 0.6 is 0 Å². The van der Waals surface area contributed by atoms with Crippen LogP contribution in [0, 0.1) is 29.6 Å². The molecular weight excluding hydrogens is 316 g/mol. The second-order valence-corrected chi connectivity index (χ2v) is 5.32. The molecule has 0 aliphatic heterocycles. The van der Waals surface area contributed by atoms with Gasteiger partial charge in [-0.05, 0) is 18.6 Å². The molecule has 3 rings (SSSR count). The number of aryl methyl sites for hydroxylation is 1. The second-order valence-electron chi connectivity index (χ2n) is 5.32. The van der Waals surface area contributed by atoms with Gasteiger partial charge in [0.05, 0.1) is 5.56 Å². The topological polar surface area (TPSA) is 118 Å². The third-order valence-electron chi connectivity index (χ3n) is 3.54. The summed E-state index contributed by atoms with van der Waals surface area (Å²) in [5, 5.41) is 20.3. The third-order valence-corrected chi connectivity index (χ3v) is 3.54. The van der Waals surface area contributed by atoms with E-state index in [2.05, 4.69) is 20.3 Å². The van der Waals surface area contributed by atoms with Crippen LogP contribution < -0.4 is 5.32 Å². The van der Waals surface area contributed by atoms with Crippen molar-refractivity contribution >= 4 is 11.9 Å². The van der Waals surface area contributed by atoms with Gasteiger partial charge in [0.15, 0.2) is 11.4 Å². The molecule has 0 bridgehead atoms. The molecule has 7 heteroatoms. The molecule has 25 heavy (non-hydrogen) atoms. The van der Waals surface area contributed by atoms with Gasteiger partial charge in [-0.1, -0.05) is 29.8 Å². The first-order valence-corrected chi connectivity index (χ1v) is 7.34. The van der Waals surface area contributed by atoms with Crippen LogP contribution in [0.3, 0.4) is 0 Å². The summed E-state index contributed by atoms with van der Waals surface area (Å²) in [7, 11) is 0. The summed E-state index contributed by atoms with van der Waals surface area (Å²) < 4.78 is 0. The van der Waals surface area contributed by atoms with Gasteiger partial charge in [0, 0.05) is 18.0 Å². The highest BCUT2D eigenvalue weighted by atomic mass is 16.1. The number of benzene rings is 1. The summed E-state index contributed by atoms with van der Waals surface area (Å²) in [4.78, 5) is 22.9. The molecule has 2 heterocycles. The Hall–Kier alpha value is -3.97. The molecule has 0 saturated carbocycles. The van der Waals surface area contributed by atoms with Crippen LogP contribution in [0.2, 0.25) is 0 Å². The van der Waals surface area contributed by atoms with Gasteiger partial charge in [-0.25, -0.2) is 4.98 Å². The molecule has 0 atom stereocenters. The molecule has 0 fully saturated rings. The third kappa shape index (κ3) is 3.36. The summed E-state index contributed by atoms with van der Waals surface area (Å²) in [6, 6.07) is 13.2. The average molecular weight is 328 g/mol. The van der Waals surface area contributed by atoms with Crippen LogP contribution in [0.4, 0.5) is 5.95 Å². The summed E-state index contributed by atoms with van der Waals surface area (Å²) in [5.74, 6) is -0.400. The number of nitrogens with zero attached hydrogens (tertiary/aromatic N) is 4. The van der Waals surface area contributed by atoms with Gasteiger partial charge < -0.3 is 4.98 Å². The van der Waals surface area contributed by atoms with Crippen molar-refractivity contribution in [3.8, 4) is 23.3 Å². The van der Waals surface area contributed by atoms with E-state index in [0.29, 0.717) is 5.56 Å². The van der Waals surface area contributed by atoms with Crippen LogP contribution in [-0.4, -0.2) is 20.9 Å². The van der Waals surface area contributed by atoms with Gasteiger partial charge in [0.2, 0.25) is 5.95 Å². The highest BCUT2D eigenvalue weighted by molar-refractivity contribution is 6.03. The fourth-order valence-electron chi connectivity index (χ4n) is 2.24. The second kappa shape index (κ2) is 6.65. The van der Waals surface area contributed by atoms with Crippen molar-refractivity contribution < 1.29 is 4.79 Å². The molecule has 0 unspecified atom stereocenters. The minimum atomic E-state index is -0.441. The largest absolute Gasteiger partial charge is 0.314 e. The number of aromatic nitrogens is 3. The first kappa shape index (κ1) is 15.9. The molecule has 7 nitrogen and oxygen atoms in total. The SMILES string of the molecule is Cc1ccc(-c2cncc(C(=O)Nc3nc(C#N)c(C#N)[nH]3)c2)cc1. The molecule has 0 spiro atoms. The fraction of sp³-hybridized carbons (Fsp3) is 0.0556. The first-order chi connectivity index (χ1) is 12.1. The number of anilines is 1. The number of rotatable bonds is 3. The quantitative estimate of drug-likeness (QED) is 0.766. The number of aromatic amines is 1. The molecular formula is C18H12N6O. The maximum absolute atomic E-state index is 12.4. The molecule has 0 aliphatic carbocycles. The van der Waals surface area contributed by atoms with E-state index < -0.39 is 5.91 Å². The lowest BCUT2D eigenvalue weighted by Gasteiger charge is -2.05. The highest BCUT2D eigenvalue weighted by Gasteiger charge is 2.13. The van der Waals surface area contributed by atoms with E-state index in [9.17, 15) is 4.79 Å². The summed E-state index contributed by atoms with van der Waals surface area (Å²) in [6.45, 7) is 2.00. The highest BCUT2D eigenvalue weighted by Crippen LogP contribution is 2.20. The lowest BCUT2D eigenvalue weighted by Crippen LogP contribution is -2.13. The van der Waals surface area contributed by atoms with Crippen molar-refractivity contribution in [3.63, 3.8) is 0 Å². The number of hydrogen-bond acceptors (Lipinski definition) is 5. The zero-order chi connectivity index (χ0) is 17.8. The molecule has 3 aromatic rings. The van der Waals surface area contributed by atoms with E-state index in [1.54, 1.807) is 18.3 Å². The number of H-pyrrole nitrogens is 1. The van der Waals surface area contributed by atoms with Crippen LogP contribution in [-0.2, 0) is 0 Å². The van der Waals surface area contributed by atoms with E-state index in [0.717, 1.165) is 16.7 Å². The van der Waals surface area contributed by atoms with E-state index in [-0.39, 0.29) is 17.3 Å². The zero-order valence-corrected chi connectivity index (χ0v) is 13.2. The molecule has 120 valence electrons. The average Bonchev–Trinajstić information content (AvgIpc) is 3.04. The minimum Gasteiger partial charge on any atom is -0.314 e. The molecule has 1 amide bonds. The van der Waals surface area contributed by atoms with Crippen LogP contribution in [0.5, 0.6) is 0 Å². The zero-order valence-electron chi connectivity index (χ0n) is 13.2. The maximum atomic E-state index is 12.4. The Morgan fingerprint density at radius 1 is 1.12 bits per heavy atom. The van der Waals surface area contributed by atoms with Gasteiger partial charge >= 0.3 is 0 Å². The predicted octanol–water partition coefficient (Wildman–Crippen LogP) is 2.78. The lowest BCUT2D eigenvalue weighted by atomic mass is 10.0. The van der Waals surface area contributed by atoms with Crippen molar-refractivity contribution in [1.29, 1.82) is 10.5 Å². The minimum absolute atomic E-state index is 0.00401. The lowest BCUT2D eigenvalue weighted by molar-refractivity contribution is 0.102. The number of nitriles is 2. The van der Waals surface area contributed by atoms with Crippen molar-refractivity contribution in [2.24, 2.45) is 0 Å². The monoisotopic (exact) mass is 328 g/mol. The normalized spacial score (nSPS) is 9.88. The van der Waals surface area contributed by atoms with E-state index in [1.807, 2.05) is 37.3 Å². The van der Waals surface area contributed by atoms with Crippen LogP contribution in [0.25, 0.3) is 11.1 Å². The van der Waals surface area contributed by atoms with Crippen LogP contribution in [0.15, 0.2) is 42.7 Å². The van der Waals surface area contributed by atoms with Gasteiger partial charge in [0.1, 0.15) is 12.1 Å². The number of nitrogens with one attached hydrogen (secondary N) is 2. The standard InChI is InChI=1S/C18H12N6O/c1-11-2-4-12(5-3-11)13-6-14(10-21-9-13)17(25)24-18-22-15(7-19)16(8-20)23-18/h2-6,9-10H,1H3,(H2,22,23,24,25). The van der Waals surface area contributed by atoms with Crippen LogP contribution in [0.1, 0.15) is 27.3 Å². The van der Waals surface area contributed by atoms with Crippen molar-refractivity contribution in [1.82, 2.24) is 15.0 Å². The molecule has 0 aliphatic rings. The summed E-state index contributed by atoms with van der Waals surface area (Å²) in [5.41, 5.74) is 3.18. The Morgan fingerprint density at radius 3 is 2.52 bits per heavy atom. The fourth-order valence-corrected chi connectivity index (χ4v) is 2.24. The van der Waals surface area contributed by atoms with Crippen molar-refractivity contribution in [2.75, 3.05) is 5.32 Å². The Labute approximate surface area is 143 Å². The number of imidazole rings is 1. The van der Waals surface area contributed by atoms with E-state index in [1.165, 1.54) is 6.20 Å². The van der Waals surface area contributed by atoms with Gasteiger partial charge in [-0.15, -0.1) is 0 Å². The molecule has 0 radical (unpaired) electrons. The Balaban J connectivity index is 1.85. The summed E-state index contributed by atoms with van der Waals surface area (Å²) >= 11 is 0. The number of carbonyl (C=O) groups excluding carboxylic acids is 1. The Bertz CT molecular complexity index is 989. The number of carbonyl (C=O) groups is 1. The number of amides is 1. The van der Waals surface area contributed by atoms with Crippen molar-refractivity contribution in [3.05, 3.63) is 65.2 Å². The van der Waals surface area contributed by atoms with Crippen molar-refractivity contribution in [2.45, 2.75) is 6.92 Å². The maximum Gasteiger partial charge on any atom is 0.259 e. The number of hydrogen-bond donors (Lipinski definition) is 2. The predicted molar refractivity (Wildman–Crippen MR) is 90.4 cm³/mol. The smallest absolute Gasteiger partial charge is 0.259 e. The Kier molecular flexibility index (Phi) is 4.23. The molecule has 2 aromatic heterocycles. The first-order valence-electron chi connectivity index (χ1n) is 7.34. The van der Waals surface area contributed by atoms with E-state index in [4.69, 9.17) is 10.5 Å². The Morgan fingerprint density at radius 2 is 1.88 bits per heavy atom. The molecule has 1 aromatic carbocycles. The number of pyridine rings is 1. The summed E-state index contributed by atoms with van der Waals surface area (Å²) in [6.07, 6.45) is 3.11. The van der Waals surface area contributed by atoms with E-state index >= 15 is 0 Å². The van der Waals surface area contributed by atoms with Gasteiger partial charge in [-0.2, -0.15) is 10.5 Å². The molecule has 2 N–H and O–H groups in total. The van der Waals surface area contributed by atoms with Gasteiger partial charge in [0.25, 0.3) is 5.91 Å².